The summed E-state index contributed by atoms with van der Waals surface area (Å²) in [7, 11) is -3.29. The molecule has 0 aromatic rings. The van der Waals surface area contributed by atoms with Gasteiger partial charge in [0, 0.05) is 18.1 Å². The van der Waals surface area contributed by atoms with Crippen LogP contribution in [0.3, 0.4) is 0 Å². The van der Waals surface area contributed by atoms with Crippen LogP contribution in [0.2, 0.25) is 0 Å². The molecule has 12 heteroatoms. The molecule has 3 saturated heterocycles. The molecule has 0 spiro atoms. The van der Waals surface area contributed by atoms with Crippen molar-refractivity contribution in [3.05, 3.63) is 0 Å². The summed E-state index contributed by atoms with van der Waals surface area (Å²) >= 11 is 16.7. The molecule has 3 aliphatic heterocycles. The molecule has 164 valence electrons. The van der Waals surface area contributed by atoms with Gasteiger partial charge in [-0.2, -0.15) is 4.31 Å². The molecule has 0 aromatic heterocycles. The van der Waals surface area contributed by atoms with E-state index in [2.05, 4.69) is 10.6 Å². The second-order valence-corrected chi connectivity index (χ2v) is 12.1. The highest BCUT2D eigenvalue weighted by Gasteiger charge is 2.47. The fourth-order valence-electron chi connectivity index (χ4n) is 4.49. The lowest BCUT2D eigenvalue weighted by Gasteiger charge is -2.39. The number of piperidine rings is 2. The Labute approximate surface area is 187 Å². The number of hydrogen-bond acceptors (Lipinski definition) is 5. The number of alkyl carbamates (subject to hydrolysis) is 1. The summed E-state index contributed by atoms with van der Waals surface area (Å²) in [6, 6.07) is -0.251. The van der Waals surface area contributed by atoms with Gasteiger partial charge < -0.3 is 15.4 Å². The van der Waals surface area contributed by atoms with Gasteiger partial charge in [0.05, 0.1) is 5.75 Å². The average molecular weight is 499 g/mol. The Balaban J connectivity index is 0.00000280. The van der Waals surface area contributed by atoms with Crippen molar-refractivity contribution in [2.75, 3.05) is 25.4 Å². The summed E-state index contributed by atoms with van der Waals surface area (Å²) in [6.07, 6.45) is 4.00. The van der Waals surface area contributed by atoms with E-state index in [0.29, 0.717) is 12.8 Å². The predicted molar refractivity (Wildman–Crippen MR) is 113 cm³/mol. The fourth-order valence-corrected chi connectivity index (χ4v) is 7.05. The third-order valence-corrected chi connectivity index (χ3v) is 8.04. The van der Waals surface area contributed by atoms with E-state index >= 15 is 0 Å². The van der Waals surface area contributed by atoms with Crippen molar-refractivity contribution >= 4 is 63.3 Å². The number of carbonyl (C=O) groups excluding carboxylic acids is 1. The van der Waals surface area contributed by atoms with Gasteiger partial charge in [0.25, 0.3) is 0 Å². The van der Waals surface area contributed by atoms with E-state index < -0.39 is 19.9 Å². The summed E-state index contributed by atoms with van der Waals surface area (Å²) in [5.41, 5.74) is 0. The first-order valence-corrected chi connectivity index (χ1v) is 12.1. The number of rotatable bonds is 5. The van der Waals surface area contributed by atoms with Gasteiger partial charge in [-0.05, 0) is 57.5 Å². The number of carbonyl (C=O) groups is 1. The number of hydrogen-bond donors (Lipinski definition) is 2. The lowest BCUT2D eigenvalue weighted by Crippen LogP contribution is -2.53. The Morgan fingerprint density at radius 3 is 2.21 bits per heavy atom. The summed E-state index contributed by atoms with van der Waals surface area (Å²) in [5, 5.41) is 6.05. The van der Waals surface area contributed by atoms with Gasteiger partial charge in [-0.1, -0.05) is 34.8 Å². The van der Waals surface area contributed by atoms with Crippen molar-refractivity contribution in [3.63, 3.8) is 0 Å². The van der Waals surface area contributed by atoms with Gasteiger partial charge >= 0.3 is 6.09 Å². The van der Waals surface area contributed by atoms with Crippen LogP contribution in [0, 0.1) is 5.92 Å². The second-order valence-electron chi connectivity index (χ2n) is 7.69. The van der Waals surface area contributed by atoms with Crippen LogP contribution in [0.15, 0.2) is 0 Å². The number of nitrogens with one attached hydrogen (secondary N) is 2. The Morgan fingerprint density at radius 2 is 1.68 bits per heavy atom. The highest BCUT2D eigenvalue weighted by molar-refractivity contribution is 7.89. The standard InChI is InChI=1S/C16H26Cl3N3O4S.ClH/c17-16(18,19)10-26-15(23)21-12-7-13-1-2-14(8-12)22(13)27(24,25)9-11-3-5-20-6-4-11;/h11-14,20H,1-10H2,(H,21,23);1H/t12?,13-,14+;. The maximum Gasteiger partial charge on any atom is 0.407 e. The summed E-state index contributed by atoms with van der Waals surface area (Å²) in [4.78, 5) is 11.9. The van der Waals surface area contributed by atoms with Crippen LogP contribution in [0.4, 0.5) is 4.79 Å². The SMILES string of the molecule is Cl.O=C(NC1C[C@H]2CC[C@@H](C1)N2S(=O)(=O)CC1CCNCC1)OCC(Cl)(Cl)Cl. The molecule has 0 aliphatic carbocycles. The van der Waals surface area contributed by atoms with E-state index in [-0.39, 0.29) is 48.8 Å². The highest BCUT2D eigenvalue weighted by Crippen LogP contribution is 2.39. The van der Waals surface area contributed by atoms with Crippen molar-refractivity contribution < 1.29 is 17.9 Å². The van der Waals surface area contributed by atoms with E-state index in [0.717, 1.165) is 38.8 Å². The number of halogens is 4. The molecule has 3 atom stereocenters. The molecule has 0 radical (unpaired) electrons. The molecule has 3 fully saturated rings. The van der Waals surface area contributed by atoms with Crippen LogP contribution in [-0.2, 0) is 14.8 Å². The maximum atomic E-state index is 13.0. The quantitative estimate of drug-likeness (QED) is 0.569. The van der Waals surface area contributed by atoms with Gasteiger partial charge in [-0.3, -0.25) is 0 Å². The zero-order chi connectivity index (χ0) is 19.7. The van der Waals surface area contributed by atoms with Crippen molar-refractivity contribution in [1.82, 2.24) is 14.9 Å². The van der Waals surface area contributed by atoms with Crippen molar-refractivity contribution in [2.45, 2.75) is 60.4 Å². The maximum absolute atomic E-state index is 13.0. The van der Waals surface area contributed by atoms with Gasteiger partial charge in [0.2, 0.25) is 13.8 Å². The Kier molecular flexibility index (Phi) is 8.84. The van der Waals surface area contributed by atoms with Crippen LogP contribution in [-0.4, -0.2) is 66.2 Å². The van der Waals surface area contributed by atoms with Crippen molar-refractivity contribution in [2.24, 2.45) is 5.92 Å². The fraction of sp³-hybridized carbons (Fsp3) is 0.938. The molecular weight excluding hydrogens is 472 g/mol. The smallest absolute Gasteiger partial charge is 0.407 e. The first-order valence-electron chi connectivity index (χ1n) is 9.36. The molecule has 3 rings (SSSR count). The molecule has 7 nitrogen and oxygen atoms in total. The second kappa shape index (κ2) is 10.1. The molecule has 1 amide bonds. The third-order valence-electron chi connectivity index (χ3n) is 5.58. The van der Waals surface area contributed by atoms with Crippen LogP contribution in [0.25, 0.3) is 0 Å². The van der Waals surface area contributed by atoms with Gasteiger partial charge in [0.1, 0.15) is 6.61 Å². The summed E-state index contributed by atoms with van der Waals surface area (Å²) < 4.78 is 31.0. The minimum atomic E-state index is -3.29. The van der Waals surface area contributed by atoms with E-state index in [4.69, 9.17) is 39.5 Å². The molecular formula is C16H27Cl4N3O4S. The Hall–Kier alpha value is 0.300. The summed E-state index contributed by atoms with van der Waals surface area (Å²) in [6.45, 7) is 1.44. The summed E-state index contributed by atoms with van der Waals surface area (Å²) in [5.74, 6) is 0.453. The topological polar surface area (TPSA) is 87.7 Å². The third kappa shape index (κ3) is 6.65. The zero-order valence-corrected chi connectivity index (χ0v) is 19.3. The van der Waals surface area contributed by atoms with E-state index in [1.54, 1.807) is 4.31 Å². The number of nitrogens with zero attached hydrogens (tertiary/aromatic N) is 1. The molecule has 3 aliphatic rings. The predicted octanol–water partition coefficient (Wildman–Crippen LogP) is 2.83. The molecule has 2 N–H and O–H groups in total. The number of sulfonamides is 1. The van der Waals surface area contributed by atoms with Crippen LogP contribution in [0.1, 0.15) is 38.5 Å². The number of ether oxygens (including phenoxy) is 1. The monoisotopic (exact) mass is 497 g/mol. The van der Waals surface area contributed by atoms with E-state index in [9.17, 15) is 13.2 Å². The van der Waals surface area contributed by atoms with E-state index in [1.807, 2.05) is 0 Å². The first-order chi connectivity index (χ1) is 12.6. The number of fused-ring (bicyclic) bond motifs is 2. The molecule has 2 bridgehead atoms. The Morgan fingerprint density at radius 1 is 1.11 bits per heavy atom. The van der Waals surface area contributed by atoms with Crippen molar-refractivity contribution in [3.8, 4) is 0 Å². The molecule has 0 saturated carbocycles. The van der Waals surface area contributed by atoms with Gasteiger partial charge in [-0.25, -0.2) is 13.2 Å². The minimum absolute atomic E-state index is 0. The van der Waals surface area contributed by atoms with Gasteiger partial charge in [0.15, 0.2) is 0 Å². The van der Waals surface area contributed by atoms with Crippen LogP contribution < -0.4 is 10.6 Å². The van der Waals surface area contributed by atoms with Crippen molar-refractivity contribution in [1.29, 1.82) is 0 Å². The first kappa shape index (κ1) is 24.6. The lowest BCUT2D eigenvalue weighted by atomic mass is 10.00. The average Bonchev–Trinajstić information content (AvgIpc) is 2.86. The molecule has 3 heterocycles. The van der Waals surface area contributed by atoms with Crippen LogP contribution in [0.5, 0.6) is 0 Å². The largest absolute Gasteiger partial charge is 0.445 e. The minimum Gasteiger partial charge on any atom is -0.445 e. The lowest BCUT2D eigenvalue weighted by molar-refractivity contribution is 0.133. The number of alkyl halides is 3. The van der Waals surface area contributed by atoms with E-state index in [1.165, 1.54) is 0 Å². The normalized spacial score (nSPS) is 29.2. The van der Waals surface area contributed by atoms with Crippen LogP contribution >= 0.6 is 47.2 Å². The molecule has 1 unspecified atom stereocenters. The van der Waals surface area contributed by atoms with Gasteiger partial charge in [-0.15, -0.1) is 12.4 Å². The molecule has 28 heavy (non-hydrogen) atoms. The Bertz CT molecular complexity index is 626. The number of amides is 1. The highest BCUT2D eigenvalue weighted by atomic mass is 35.6. The zero-order valence-electron chi connectivity index (χ0n) is 15.4. The molecule has 0 aromatic carbocycles.